The number of nitrogens with zero attached hydrogens (tertiary/aromatic N) is 1. The molecule has 0 saturated heterocycles. The van der Waals surface area contributed by atoms with Crippen LogP contribution in [-0.4, -0.2) is 63.4 Å². The summed E-state index contributed by atoms with van der Waals surface area (Å²) < 4.78 is 17.6. The third kappa shape index (κ3) is 37.6. The van der Waals surface area contributed by atoms with Gasteiger partial charge in [0, 0.05) is 19.4 Å². The number of carbonyl (C=O) groups excluding carboxylic acids is 2. The SMILES string of the molecule is CCCCCC(CCCCC)CCOC(=O)CCCCCCCC(CCCCCCCC(=O)OCCC(CCCCC)CCCCC)OCCN(C)C. The molecule has 0 rings (SSSR count). The van der Waals surface area contributed by atoms with E-state index < -0.39 is 0 Å². The molecule has 6 nitrogen and oxygen atoms in total. The predicted molar refractivity (Wildman–Crippen MR) is 228 cm³/mol. The molecule has 0 saturated carbocycles. The average Bonchev–Trinajstić information content (AvgIpc) is 3.13. The van der Waals surface area contributed by atoms with E-state index in [0.717, 1.165) is 64.5 Å². The topological polar surface area (TPSA) is 65.1 Å². The van der Waals surface area contributed by atoms with Gasteiger partial charge in [0.05, 0.1) is 25.9 Å². The summed E-state index contributed by atoms with van der Waals surface area (Å²) in [4.78, 5) is 26.9. The van der Waals surface area contributed by atoms with Gasteiger partial charge in [-0.1, -0.05) is 182 Å². The average molecular weight is 752 g/mol. The third-order valence-corrected chi connectivity index (χ3v) is 11.1. The zero-order valence-corrected chi connectivity index (χ0v) is 36.7. The fourth-order valence-corrected chi connectivity index (χ4v) is 7.48. The van der Waals surface area contributed by atoms with Crippen molar-refractivity contribution in [1.29, 1.82) is 0 Å². The van der Waals surface area contributed by atoms with Gasteiger partial charge in [-0.3, -0.25) is 9.59 Å². The lowest BCUT2D eigenvalue weighted by Crippen LogP contribution is -2.22. The van der Waals surface area contributed by atoms with Crippen molar-refractivity contribution in [1.82, 2.24) is 4.90 Å². The number of ether oxygens (including phenoxy) is 3. The Hall–Kier alpha value is -1.14. The standard InChI is InChI=1S/C47H93NO5/c1-7-11-21-29-43(30-22-12-8-2)37-40-52-46(49)35-27-19-15-17-25-33-45(51-42-39-48(5)6)34-26-18-16-20-28-36-47(50)53-41-38-44(31-23-13-9-3)32-24-14-10-4/h43-45H,7-42H2,1-6H3. The highest BCUT2D eigenvalue weighted by Crippen LogP contribution is 2.23. The van der Waals surface area contributed by atoms with E-state index in [1.54, 1.807) is 0 Å². The van der Waals surface area contributed by atoms with Crippen molar-refractivity contribution < 1.29 is 23.8 Å². The second-order valence-electron chi connectivity index (χ2n) is 16.6. The number of likely N-dealkylation sites (N-methyl/N-ethyl adjacent to an activating group) is 1. The molecular weight excluding hydrogens is 659 g/mol. The molecule has 0 spiro atoms. The molecule has 0 aliphatic carbocycles. The van der Waals surface area contributed by atoms with Crippen LogP contribution in [0.2, 0.25) is 0 Å². The van der Waals surface area contributed by atoms with Gasteiger partial charge in [-0.15, -0.1) is 0 Å². The van der Waals surface area contributed by atoms with E-state index >= 15 is 0 Å². The lowest BCUT2D eigenvalue weighted by molar-refractivity contribution is -0.145. The van der Waals surface area contributed by atoms with Gasteiger partial charge >= 0.3 is 11.9 Å². The van der Waals surface area contributed by atoms with Crippen molar-refractivity contribution in [3.05, 3.63) is 0 Å². The van der Waals surface area contributed by atoms with E-state index in [2.05, 4.69) is 46.7 Å². The van der Waals surface area contributed by atoms with E-state index in [4.69, 9.17) is 14.2 Å². The highest BCUT2D eigenvalue weighted by molar-refractivity contribution is 5.69. The molecule has 0 unspecified atom stereocenters. The molecule has 0 atom stereocenters. The van der Waals surface area contributed by atoms with Gasteiger partial charge in [-0.2, -0.15) is 0 Å². The first-order valence-corrected chi connectivity index (χ1v) is 23.4. The number of hydrogen-bond acceptors (Lipinski definition) is 6. The van der Waals surface area contributed by atoms with Crippen LogP contribution in [0.3, 0.4) is 0 Å². The summed E-state index contributed by atoms with van der Waals surface area (Å²) in [5.74, 6) is 1.42. The van der Waals surface area contributed by atoms with Gasteiger partial charge in [0.2, 0.25) is 0 Å². The minimum absolute atomic E-state index is 0.00478. The van der Waals surface area contributed by atoms with Crippen molar-refractivity contribution in [3.63, 3.8) is 0 Å². The van der Waals surface area contributed by atoms with Gasteiger partial charge in [-0.05, 0) is 64.5 Å². The van der Waals surface area contributed by atoms with Crippen LogP contribution in [0, 0.1) is 11.8 Å². The summed E-state index contributed by atoms with van der Waals surface area (Å²) in [5, 5.41) is 0. The smallest absolute Gasteiger partial charge is 0.305 e. The van der Waals surface area contributed by atoms with Crippen LogP contribution in [0.1, 0.15) is 233 Å². The summed E-state index contributed by atoms with van der Waals surface area (Å²) in [7, 11) is 4.20. The van der Waals surface area contributed by atoms with Crippen molar-refractivity contribution in [2.75, 3.05) is 40.5 Å². The fourth-order valence-electron chi connectivity index (χ4n) is 7.48. The van der Waals surface area contributed by atoms with Gasteiger partial charge in [0.15, 0.2) is 0 Å². The van der Waals surface area contributed by atoms with Crippen LogP contribution in [0.15, 0.2) is 0 Å². The van der Waals surface area contributed by atoms with E-state index in [1.165, 1.54) is 141 Å². The maximum Gasteiger partial charge on any atom is 0.305 e. The maximum atomic E-state index is 12.3. The van der Waals surface area contributed by atoms with Crippen LogP contribution in [0.4, 0.5) is 0 Å². The normalized spacial score (nSPS) is 11.8. The zero-order chi connectivity index (χ0) is 39.0. The second kappa shape index (κ2) is 40.5. The van der Waals surface area contributed by atoms with Crippen LogP contribution in [-0.2, 0) is 23.8 Å². The molecule has 0 fully saturated rings. The lowest BCUT2D eigenvalue weighted by Gasteiger charge is -2.19. The molecule has 0 aromatic heterocycles. The number of hydrogen-bond donors (Lipinski definition) is 0. The molecule has 0 heterocycles. The summed E-state index contributed by atoms with van der Waals surface area (Å²) in [6.07, 6.45) is 37.7. The Balaban J connectivity index is 4.13. The van der Waals surface area contributed by atoms with Crippen LogP contribution in [0.25, 0.3) is 0 Å². The van der Waals surface area contributed by atoms with Gasteiger partial charge < -0.3 is 19.1 Å². The maximum absolute atomic E-state index is 12.3. The molecule has 53 heavy (non-hydrogen) atoms. The first-order chi connectivity index (χ1) is 25.9. The van der Waals surface area contributed by atoms with Crippen LogP contribution in [0.5, 0.6) is 0 Å². The quantitative estimate of drug-likeness (QED) is 0.0457. The second-order valence-corrected chi connectivity index (χ2v) is 16.6. The Bertz CT molecular complexity index is 698. The minimum atomic E-state index is -0.00478. The third-order valence-electron chi connectivity index (χ3n) is 11.1. The van der Waals surface area contributed by atoms with Crippen molar-refractivity contribution in [2.24, 2.45) is 11.8 Å². The molecular formula is C47H93NO5. The first-order valence-electron chi connectivity index (χ1n) is 23.4. The molecule has 0 N–H and O–H groups in total. The first kappa shape index (κ1) is 51.9. The molecule has 6 heteroatoms. The number of carbonyl (C=O) groups is 2. The van der Waals surface area contributed by atoms with Crippen molar-refractivity contribution >= 4 is 11.9 Å². The van der Waals surface area contributed by atoms with Crippen molar-refractivity contribution in [2.45, 2.75) is 239 Å². The largest absolute Gasteiger partial charge is 0.466 e. The number of esters is 2. The van der Waals surface area contributed by atoms with E-state index in [1.807, 2.05) is 0 Å². The Labute approximate surface area is 331 Å². The highest BCUT2D eigenvalue weighted by Gasteiger charge is 2.13. The Morgan fingerprint density at radius 2 is 0.755 bits per heavy atom. The van der Waals surface area contributed by atoms with E-state index in [-0.39, 0.29) is 11.9 Å². The zero-order valence-electron chi connectivity index (χ0n) is 36.7. The summed E-state index contributed by atoms with van der Waals surface area (Å²) in [6.45, 7) is 12.0. The van der Waals surface area contributed by atoms with Gasteiger partial charge in [0.1, 0.15) is 0 Å². The molecule has 0 amide bonds. The van der Waals surface area contributed by atoms with Crippen molar-refractivity contribution in [3.8, 4) is 0 Å². The number of rotatable bonds is 42. The van der Waals surface area contributed by atoms with E-state index in [9.17, 15) is 9.59 Å². The van der Waals surface area contributed by atoms with Crippen LogP contribution < -0.4 is 0 Å². The Morgan fingerprint density at radius 1 is 0.415 bits per heavy atom. The molecule has 316 valence electrons. The molecule has 0 aliphatic rings. The molecule has 0 aromatic carbocycles. The van der Waals surface area contributed by atoms with Crippen LogP contribution >= 0.6 is 0 Å². The molecule has 0 bridgehead atoms. The molecule has 0 aromatic rings. The summed E-state index contributed by atoms with van der Waals surface area (Å²) in [6, 6.07) is 0. The lowest BCUT2D eigenvalue weighted by atomic mass is 9.92. The Kier molecular flexibility index (Phi) is 39.6. The summed E-state index contributed by atoms with van der Waals surface area (Å²) in [5.41, 5.74) is 0. The monoisotopic (exact) mass is 752 g/mol. The van der Waals surface area contributed by atoms with E-state index in [0.29, 0.717) is 44.0 Å². The highest BCUT2D eigenvalue weighted by atomic mass is 16.5. The molecule has 0 radical (unpaired) electrons. The minimum Gasteiger partial charge on any atom is -0.466 e. The summed E-state index contributed by atoms with van der Waals surface area (Å²) >= 11 is 0. The van der Waals surface area contributed by atoms with Gasteiger partial charge in [-0.25, -0.2) is 0 Å². The Morgan fingerprint density at radius 3 is 1.11 bits per heavy atom. The number of unbranched alkanes of at least 4 members (excludes halogenated alkanes) is 16. The molecule has 0 aliphatic heterocycles. The predicted octanol–water partition coefficient (Wildman–Crippen LogP) is 13.8. The van der Waals surface area contributed by atoms with Gasteiger partial charge in [0.25, 0.3) is 0 Å². The fraction of sp³-hybridized carbons (Fsp3) is 0.957.